The predicted octanol–water partition coefficient (Wildman–Crippen LogP) is 3.79. The van der Waals surface area contributed by atoms with Crippen LogP contribution >= 0.6 is 0 Å². The van der Waals surface area contributed by atoms with Gasteiger partial charge in [0.05, 0.1) is 27.0 Å². The van der Waals surface area contributed by atoms with Gasteiger partial charge in [-0.15, -0.1) is 0 Å². The molecule has 2 aromatic rings. The molecule has 0 N–H and O–H groups in total. The molecule has 27 heavy (non-hydrogen) atoms. The number of nitrogens with zero attached hydrogens (tertiary/aromatic N) is 2. The van der Waals surface area contributed by atoms with Gasteiger partial charge in [0.1, 0.15) is 5.75 Å². The standard InChI is InChI=1S/C22H30N2O3/c1-15-12-23-19(16(2)22(15)27-5)14-24-9-8-18(13-24)10-17-6-7-20(25-3)21(11-17)26-4/h6-7,11-12,18H,8-10,13-14H2,1-5H3. The van der Waals surface area contributed by atoms with Crippen molar-refractivity contribution in [3.63, 3.8) is 0 Å². The number of pyridine rings is 1. The zero-order chi connectivity index (χ0) is 19.4. The number of aromatic nitrogens is 1. The van der Waals surface area contributed by atoms with Gasteiger partial charge in [-0.1, -0.05) is 6.07 Å². The van der Waals surface area contributed by atoms with Gasteiger partial charge in [0.2, 0.25) is 0 Å². The number of rotatable bonds is 7. The molecular weight excluding hydrogens is 340 g/mol. The van der Waals surface area contributed by atoms with Gasteiger partial charge < -0.3 is 14.2 Å². The fourth-order valence-electron chi connectivity index (χ4n) is 4.01. The minimum atomic E-state index is 0.649. The first-order valence-electron chi connectivity index (χ1n) is 9.48. The van der Waals surface area contributed by atoms with Crippen molar-refractivity contribution in [1.29, 1.82) is 0 Å². The summed E-state index contributed by atoms with van der Waals surface area (Å²) in [5.41, 5.74) is 4.65. The van der Waals surface area contributed by atoms with E-state index in [0.29, 0.717) is 5.92 Å². The lowest BCUT2D eigenvalue weighted by atomic mass is 9.98. The molecule has 0 bridgehead atoms. The fourth-order valence-corrected chi connectivity index (χ4v) is 4.01. The minimum absolute atomic E-state index is 0.649. The maximum atomic E-state index is 5.54. The molecule has 3 rings (SSSR count). The van der Waals surface area contributed by atoms with Gasteiger partial charge in [-0.3, -0.25) is 9.88 Å². The van der Waals surface area contributed by atoms with Crippen LogP contribution in [0.4, 0.5) is 0 Å². The molecule has 1 fully saturated rings. The number of methoxy groups -OCH3 is 3. The summed E-state index contributed by atoms with van der Waals surface area (Å²) in [6, 6.07) is 6.23. The molecule has 5 nitrogen and oxygen atoms in total. The summed E-state index contributed by atoms with van der Waals surface area (Å²) in [6.45, 7) is 7.22. The molecule has 1 aliphatic rings. The van der Waals surface area contributed by atoms with Gasteiger partial charge in [0.15, 0.2) is 11.5 Å². The van der Waals surface area contributed by atoms with E-state index in [0.717, 1.165) is 60.1 Å². The van der Waals surface area contributed by atoms with E-state index in [2.05, 4.69) is 28.9 Å². The van der Waals surface area contributed by atoms with Crippen molar-refractivity contribution in [2.45, 2.75) is 33.2 Å². The molecule has 1 aliphatic heterocycles. The molecule has 1 aromatic heterocycles. The maximum absolute atomic E-state index is 5.54. The van der Waals surface area contributed by atoms with Crippen LogP contribution in [-0.2, 0) is 13.0 Å². The summed E-state index contributed by atoms with van der Waals surface area (Å²) in [6.07, 6.45) is 4.18. The predicted molar refractivity (Wildman–Crippen MR) is 107 cm³/mol. The third-order valence-corrected chi connectivity index (χ3v) is 5.47. The first kappa shape index (κ1) is 19.5. The Morgan fingerprint density at radius 1 is 1.07 bits per heavy atom. The van der Waals surface area contributed by atoms with E-state index in [1.807, 2.05) is 19.2 Å². The number of aryl methyl sites for hydroxylation is 1. The van der Waals surface area contributed by atoms with E-state index >= 15 is 0 Å². The molecule has 146 valence electrons. The Balaban J connectivity index is 1.63. The molecule has 0 spiro atoms. The van der Waals surface area contributed by atoms with E-state index in [-0.39, 0.29) is 0 Å². The van der Waals surface area contributed by atoms with Gasteiger partial charge in [-0.25, -0.2) is 0 Å². The van der Waals surface area contributed by atoms with Crippen molar-refractivity contribution in [1.82, 2.24) is 9.88 Å². The highest BCUT2D eigenvalue weighted by molar-refractivity contribution is 5.43. The van der Waals surface area contributed by atoms with Gasteiger partial charge in [-0.2, -0.15) is 0 Å². The zero-order valence-electron chi connectivity index (χ0n) is 17.0. The number of likely N-dealkylation sites (tertiary alicyclic amines) is 1. The van der Waals surface area contributed by atoms with Crippen molar-refractivity contribution in [3.8, 4) is 17.2 Å². The number of benzene rings is 1. The summed E-state index contributed by atoms with van der Waals surface area (Å²) in [5, 5.41) is 0. The van der Waals surface area contributed by atoms with Crippen molar-refractivity contribution in [2.24, 2.45) is 5.92 Å². The Labute approximate surface area is 162 Å². The van der Waals surface area contributed by atoms with Crippen molar-refractivity contribution >= 4 is 0 Å². The third kappa shape index (κ3) is 4.35. The Kier molecular flexibility index (Phi) is 6.22. The van der Waals surface area contributed by atoms with Crippen LogP contribution in [0.5, 0.6) is 17.2 Å². The first-order chi connectivity index (χ1) is 13.0. The highest BCUT2D eigenvalue weighted by atomic mass is 16.5. The smallest absolute Gasteiger partial charge is 0.160 e. The zero-order valence-corrected chi connectivity index (χ0v) is 17.0. The van der Waals surface area contributed by atoms with Crippen molar-refractivity contribution in [3.05, 3.63) is 46.8 Å². The summed E-state index contributed by atoms with van der Waals surface area (Å²) < 4.78 is 16.3. The van der Waals surface area contributed by atoms with E-state index in [4.69, 9.17) is 14.2 Å². The summed E-state index contributed by atoms with van der Waals surface area (Å²) >= 11 is 0. The van der Waals surface area contributed by atoms with E-state index < -0.39 is 0 Å². The minimum Gasteiger partial charge on any atom is -0.496 e. The van der Waals surface area contributed by atoms with E-state index in [1.165, 1.54) is 12.0 Å². The van der Waals surface area contributed by atoms with Crippen LogP contribution < -0.4 is 14.2 Å². The average molecular weight is 370 g/mol. The topological polar surface area (TPSA) is 43.8 Å². The van der Waals surface area contributed by atoms with Gasteiger partial charge in [-0.05, 0) is 56.8 Å². The largest absolute Gasteiger partial charge is 0.496 e. The maximum Gasteiger partial charge on any atom is 0.160 e. The Hall–Kier alpha value is -2.27. The lowest BCUT2D eigenvalue weighted by Crippen LogP contribution is -2.22. The molecule has 0 amide bonds. The van der Waals surface area contributed by atoms with Crippen LogP contribution in [0.1, 0.15) is 28.8 Å². The van der Waals surface area contributed by atoms with Crippen molar-refractivity contribution < 1.29 is 14.2 Å². The third-order valence-electron chi connectivity index (χ3n) is 5.47. The summed E-state index contributed by atoms with van der Waals surface area (Å²) in [4.78, 5) is 7.14. The SMILES string of the molecule is COc1ccc(CC2CCN(Cc3ncc(C)c(OC)c3C)C2)cc1OC. The van der Waals surface area contributed by atoms with Crippen LogP contribution in [0.2, 0.25) is 0 Å². The van der Waals surface area contributed by atoms with Crippen LogP contribution in [-0.4, -0.2) is 44.3 Å². The lowest BCUT2D eigenvalue weighted by molar-refractivity contribution is 0.310. The molecular formula is C22H30N2O3. The summed E-state index contributed by atoms with van der Waals surface area (Å²) in [5.74, 6) is 3.19. The number of hydrogen-bond donors (Lipinski definition) is 0. The van der Waals surface area contributed by atoms with Crippen LogP contribution in [0.3, 0.4) is 0 Å². The second kappa shape index (κ2) is 8.61. The van der Waals surface area contributed by atoms with E-state index in [9.17, 15) is 0 Å². The van der Waals surface area contributed by atoms with Crippen LogP contribution in [0.15, 0.2) is 24.4 Å². The molecule has 1 unspecified atom stereocenters. The molecule has 0 aliphatic carbocycles. The Morgan fingerprint density at radius 2 is 1.85 bits per heavy atom. The highest BCUT2D eigenvalue weighted by Crippen LogP contribution is 2.31. The lowest BCUT2D eigenvalue weighted by Gasteiger charge is -2.19. The van der Waals surface area contributed by atoms with Crippen LogP contribution in [0.25, 0.3) is 0 Å². The van der Waals surface area contributed by atoms with Gasteiger partial charge in [0.25, 0.3) is 0 Å². The Bertz CT molecular complexity index is 791. The molecule has 1 saturated heterocycles. The molecule has 0 radical (unpaired) electrons. The average Bonchev–Trinajstić information content (AvgIpc) is 3.11. The van der Waals surface area contributed by atoms with Crippen molar-refractivity contribution in [2.75, 3.05) is 34.4 Å². The number of hydrogen-bond acceptors (Lipinski definition) is 5. The Morgan fingerprint density at radius 3 is 2.56 bits per heavy atom. The fraction of sp³-hybridized carbons (Fsp3) is 0.500. The quantitative estimate of drug-likeness (QED) is 0.742. The second-order valence-electron chi connectivity index (χ2n) is 7.33. The monoisotopic (exact) mass is 370 g/mol. The summed E-state index contributed by atoms with van der Waals surface area (Å²) in [7, 11) is 5.08. The molecule has 5 heteroatoms. The first-order valence-corrected chi connectivity index (χ1v) is 9.48. The van der Waals surface area contributed by atoms with Crippen LogP contribution in [0, 0.1) is 19.8 Å². The molecule has 1 atom stereocenters. The normalized spacial score (nSPS) is 17.1. The number of ether oxygens (including phenoxy) is 3. The van der Waals surface area contributed by atoms with Gasteiger partial charge in [0, 0.05) is 30.4 Å². The highest BCUT2D eigenvalue weighted by Gasteiger charge is 2.24. The van der Waals surface area contributed by atoms with E-state index in [1.54, 1.807) is 21.3 Å². The molecule has 2 heterocycles. The van der Waals surface area contributed by atoms with Gasteiger partial charge >= 0.3 is 0 Å². The molecule has 1 aromatic carbocycles. The second-order valence-corrected chi connectivity index (χ2v) is 7.33. The molecule has 0 saturated carbocycles.